The van der Waals surface area contributed by atoms with Crippen molar-refractivity contribution in [3.8, 4) is 17.1 Å². The summed E-state index contributed by atoms with van der Waals surface area (Å²) in [6, 6.07) is 9.65. The first-order valence-corrected chi connectivity index (χ1v) is 11.4. The van der Waals surface area contributed by atoms with E-state index in [4.69, 9.17) is 14.2 Å². The summed E-state index contributed by atoms with van der Waals surface area (Å²) in [5, 5.41) is 4.04. The van der Waals surface area contributed by atoms with Gasteiger partial charge in [-0.15, -0.1) is 0 Å². The van der Waals surface area contributed by atoms with Gasteiger partial charge in [0.25, 0.3) is 0 Å². The van der Waals surface area contributed by atoms with Gasteiger partial charge < -0.3 is 19.1 Å². The monoisotopic (exact) mass is 449 g/mol. The van der Waals surface area contributed by atoms with Gasteiger partial charge in [0.2, 0.25) is 11.9 Å². The molecule has 0 bridgehead atoms. The Hall–Kier alpha value is -3.42. The summed E-state index contributed by atoms with van der Waals surface area (Å²) in [6.07, 6.45) is 5.82. The summed E-state index contributed by atoms with van der Waals surface area (Å²) in [6.45, 7) is 2.61. The Labute approximate surface area is 194 Å². The van der Waals surface area contributed by atoms with E-state index in [0.29, 0.717) is 24.6 Å². The van der Waals surface area contributed by atoms with E-state index in [2.05, 4.69) is 10.1 Å². The van der Waals surface area contributed by atoms with Crippen LogP contribution in [0.25, 0.3) is 11.3 Å². The van der Waals surface area contributed by atoms with Crippen molar-refractivity contribution in [3.63, 3.8) is 0 Å². The number of piperidine rings is 1. The van der Waals surface area contributed by atoms with Crippen molar-refractivity contribution in [2.24, 2.45) is 0 Å². The number of carbonyl (C=O) groups excluding carboxylic acids is 1. The number of hydrogen-bond donors (Lipinski definition) is 0. The number of hydrogen-bond acceptors (Lipinski definition) is 7. The Morgan fingerprint density at radius 2 is 2.03 bits per heavy atom. The van der Waals surface area contributed by atoms with Crippen LogP contribution in [0.15, 0.2) is 41.1 Å². The molecule has 0 unspecified atom stereocenters. The Balaban J connectivity index is 1.60. The molecule has 3 heterocycles. The van der Waals surface area contributed by atoms with Crippen LogP contribution in [0.1, 0.15) is 48.7 Å². The van der Waals surface area contributed by atoms with Crippen molar-refractivity contribution in [1.82, 2.24) is 20.0 Å². The molecule has 1 aliphatic rings. The van der Waals surface area contributed by atoms with Crippen LogP contribution in [0.4, 0.5) is 5.95 Å². The molecule has 4 rings (SSSR count). The number of ether oxygens (including phenoxy) is 1. The van der Waals surface area contributed by atoms with Crippen molar-refractivity contribution in [2.45, 2.75) is 45.1 Å². The summed E-state index contributed by atoms with van der Waals surface area (Å²) in [7, 11) is 5.48. The SMILES string of the molecule is COc1ccc(CCC(=O)N2CCCC[C@H]2c2nc(N(C)C)ncc2-c2cc(C)no2)cc1. The molecular weight excluding hydrogens is 418 g/mol. The third-order valence-corrected chi connectivity index (χ3v) is 6.02. The number of nitrogens with zero attached hydrogens (tertiary/aromatic N) is 5. The predicted octanol–water partition coefficient (Wildman–Crippen LogP) is 4.20. The standard InChI is InChI=1S/C25H31N5O3/c1-17-15-22(33-28-17)20-16-26-25(29(2)3)27-24(20)21-7-5-6-14-30(21)23(31)13-10-18-8-11-19(32-4)12-9-18/h8-9,11-12,15-16,21H,5-7,10,13-14H2,1-4H3/t21-/m0/s1. The second-order valence-electron chi connectivity index (χ2n) is 8.64. The highest BCUT2D eigenvalue weighted by molar-refractivity contribution is 5.77. The molecule has 1 aromatic carbocycles. The lowest BCUT2D eigenvalue weighted by atomic mass is 9.95. The average Bonchev–Trinajstić information content (AvgIpc) is 3.28. The van der Waals surface area contributed by atoms with Crippen LogP contribution in [-0.4, -0.2) is 53.7 Å². The fourth-order valence-corrected chi connectivity index (χ4v) is 4.24. The van der Waals surface area contributed by atoms with Gasteiger partial charge in [-0.25, -0.2) is 9.97 Å². The van der Waals surface area contributed by atoms with Gasteiger partial charge in [0.05, 0.1) is 30.1 Å². The van der Waals surface area contributed by atoms with Crippen molar-refractivity contribution < 1.29 is 14.1 Å². The fourth-order valence-electron chi connectivity index (χ4n) is 4.24. The summed E-state index contributed by atoms with van der Waals surface area (Å²) in [4.78, 5) is 26.6. The largest absolute Gasteiger partial charge is 0.497 e. The highest BCUT2D eigenvalue weighted by Crippen LogP contribution is 2.37. The number of aryl methyl sites for hydroxylation is 2. The molecule has 33 heavy (non-hydrogen) atoms. The minimum Gasteiger partial charge on any atom is -0.497 e. The van der Waals surface area contributed by atoms with Crippen LogP contribution < -0.4 is 9.64 Å². The molecule has 0 aliphatic carbocycles. The molecule has 8 heteroatoms. The quantitative estimate of drug-likeness (QED) is 0.534. The molecule has 0 radical (unpaired) electrons. The molecule has 174 valence electrons. The van der Waals surface area contributed by atoms with Gasteiger partial charge in [0, 0.05) is 39.3 Å². The third kappa shape index (κ3) is 5.16. The smallest absolute Gasteiger partial charge is 0.225 e. The molecule has 0 N–H and O–H groups in total. The van der Waals surface area contributed by atoms with Gasteiger partial charge in [-0.2, -0.15) is 0 Å². The van der Waals surface area contributed by atoms with Crippen molar-refractivity contribution in [1.29, 1.82) is 0 Å². The summed E-state index contributed by atoms with van der Waals surface area (Å²) >= 11 is 0. The Kier molecular flexibility index (Phi) is 6.91. The third-order valence-electron chi connectivity index (χ3n) is 6.02. The van der Waals surface area contributed by atoms with E-state index in [1.54, 1.807) is 13.3 Å². The second kappa shape index (κ2) is 10.0. The Morgan fingerprint density at radius 3 is 2.70 bits per heavy atom. The molecular formula is C25H31N5O3. The zero-order valence-electron chi connectivity index (χ0n) is 19.7. The lowest BCUT2D eigenvalue weighted by Gasteiger charge is -2.36. The fraction of sp³-hybridized carbons (Fsp3) is 0.440. The number of likely N-dealkylation sites (tertiary alicyclic amines) is 1. The van der Waals surface area contributed by atoms with Crippen LogP contribution in [0.3, 0.4) is 0 Å². The number of methoxy groups -OCH3 is 1. The van der Waals surface area contributed by atoms with Crippen LogP contribution in [0.5, 0.6) is 5.75 Å². The Bertz CT molecular complexity index is 1090. The highest BCUT2D eigenvalue weighted by Gasteiger charge is 2.32. The molecule has 1 aliphatic heterocycles. The molecule has 8 nitrogen and oxygen atoms in total. The van der Waals surface area contributed by atoms with E-state index >= 15 is 0 Å². The van der Waals surface area contributed by atoms with E-state index in [1.165, 1.54) is 0 Å². The zero-order valence-corrected chi connectivity index (χ0v) is 19.7. The number of amides is 1. The molecule has 1 atom stereocenters. The van der Waals surface area contributed by atoms with Crippen molar-refractivity contribution in [3.05, 3.63) is 53.5 Å². The van der Waals surface area contributed by atoms with Crippen LogP contribution >= 0.6 is 0 Å². The molecule has 1 fully saturated rings. The topological polar surface area (TPSA) is 84.6 Å². The summed E-state index contributed by atoms with van der Waals surface area (Å²) in [5.74, 6) is 2.20. The average molecular weight is 450 g/mol. The minimum absolute atomic E-state index is 0.121. The first-order chi connectivity index (χ1) is 16.0. The molecule has 1 saturated heterocycles. The highest BCUT2D eigenvalue weighted by atomic mass is 16.5. The maximum atomic E-state index is 13.4. The van der Waals surface area contributed by atoms with Crippen LogP contribution in [0, 0.1) is 6.92 Å². The molecule has 2 aromatic heterocycles. The maximum absolute atomic E-state index is 13.4. The van der Waals surface area contributed by atoms with E-state index < -0.39 is 0 Å². The van der Waals surface area contributed by atoms with Crippen molar-refractivity contribution >= 4 is 11.9 Å². The first-order valence-electron chi connectivity index (χ1n) is 11.4. The maximum Gasteiger partial charge on any atom is 0.225 e. The number of benzene rings is 1. The van der Waals surface area contributed by atoms with Gasteiger partial charge in [-0.3, -0.25) is 4.79 Å². The van der Waals surface area contributed by atoms with Gasteiger partial charge in [0.15, 0.2) is 5.76 Å². The predicted molar refractivity (Wildman–Crippen MR) is 126 cm³/mol. The first kappa shape index (κ1) is 22.8. The lowest BCUT2D eigenvalue weighted by Crippen LogP contribution is -2.39. The Morgan fingerprint density at radius 1 is 1.24 bits per heavy atom. The van der Waals surface area contributed by atoms with E-state index in [9.17, 15) is 4.79 Å². The molecule has 0 spiro atoms. The van der Waals surface area contributed by atoms with Gasteiger partial charge in [0.1, 0.15) is 5.75 Å². The zero-order chi connectivity index (χ0) is 23.4. The summed E-state index contributed by atoms with van der Waals surface area (Å²) in [5.41, 5.74) is 3.53. The minimum atomic E-state index is -0.121. The number of anilines is 1. The van der Waals surface area contributed by atoms with Crippen LogP contribution in [-0.2, 0) is 11.2 Å². The van der Waals surface area contributed by atoms with Gasteiger partial charge in [-0.1, -0.05) is 17.3 Å². The van der Waals surface area contributed by atoms with Gasteiger partial charge in [-0.05, 0) is 50.3 Å². The number of aromatic nitrogens is 3. The van der Waals surface area contributed by atoms with E-state index in [0.717, 1.165) is 54.1 Å². The molecule has 0 saturated carbocycles. The summed E-state index contributed by atoms with van der Waals surface area (Å²) < 4.78 is 10.8. The van der Waals surface area contributed by atoms with Gasteiger partial charge >= 0.3 is 0 Å². The van der Waals surface area contributed by atoms with E-state index in [1.807, 2.05) is 61.2 Å². The number of rotatable bonds is 7. The van der Waals surface area contributed by atoms with Crippen molar-refractivity contribution in [2.75, 3.05) is 32.6 Å². The second-order valence-corrected chi connectivity index (χ2v) is 8.64. The van der Waals surface area contributed by atoms with Crippen LogP contribution in [0.2, 0.25) is 0 Å². The molecule has 1 amide bonds. The molecule has 3 aromatic rings. The normalized spacial score (nSPS) is 16.0. The number of carbonyl (C=O) groups is 1. The lowest BCUT2D eigenvalue weighted by molar-refractivity contribution is -0.135. The van der Waals surface area contributed by atoms with E-state index in [-0.39, 0.29) is 11.9 Å².